The lowest BCUT2D eigenvalue weighted by Crippen LogP contribution is -2.58. The molecule has 1 saturated carbocycles. The molecule has 2 aromatic rings. The number of hydrogen-bond donors (Lipinski definition) is 6. The molecule has 1 aromatic carbocycles. The number of amides is 3. The molecule has 0 radical (unpaired) electrons. The average Bonchev–Trinajstić information content (AvgIpc) is 3.58. The van der Waals surface area contributed by atoms with E-state index in [2.05, 4.69) is 30.6 Å². The molecule has 0 aliphatic heterocycles. The molecule has 3 rings (SSSR count). The van der Waals surface area contributed by atoms with Crippen molar-refractivity contribution in [3.05, 3.63) is 54.1 Å². The maximum absolute atomic E-state index is 14.2. The summed E-state index contributed by atoms with van der Waals surface area (Å²) >= 11 is 0. The van der Waals surface area contributed by atoms with Crippen LogP contribution in [-0.2, 0) is 37.2 Å². The molecule has 6 N–H and O–H groups in total. The Balaban J connectivity index is 1.85. The lowest BCUT2D eigenvalue weighted by molar-refractivity contribution is -0.131. The molecule has 1 aromatic heterocycles. The van der Waals surface area contributed by atoms with Crippen molar-refractivity contribution < 1.29 is 32.6 Å². The van der Waals surface area contributed by atoms with Crippen LogP contribution in [0.5, 0.6) is 0 Å². The van der Waals surface area contributed by atoms with Crippen LogP contribution < -0.4 is 20.7 Å². The Bertz CT molecular complexity index is 1470. The van der Waals surface area contributed by atoms with E-state index in [1.54, 1.807) is 27.0 Å². The number of aromatic amines is 1. The number of aliphatic hydroxyl groups excluding tert-OH is 1. The molecule has 0 unspecified atom stereocenters. The van der Waals surface area contributed by atoms with Gasteiger partial charge in [-0.15, -0.1) is 0 Å². The fourth-order valence-electron chi connectivity index (χ4n) is 6.62. The van der Waals surface area contributed by atoms with E-state index in [0.717, 1.165) is 37.7 Å². The minimum absolute atomic E-state index is 0.0314. The molecule has 0 bridgehead atoms. The van der Waals surface area contributed by atoms with Gasteiger partial charge in [-0.05, 0) is 63.4 Å². The van der Waals surface area contributed by atoms with Gasteiger partial charge in [0.25, 0.3) is 0 Å². The van der Waals surface area contributed by atoms with Crippen LogP contribution >= 0.6 is 0 Å². The zero-order valence-electron chi connectivity index (χ0n) is 31.8. The number of aliphatic hydroxyl groups is 1. The molecule has 1 aliphatic carbocycles. The van der Waals surface area contributed by atoms with Crippen molar-refractivity contribution in [2.24, 2.45) is 17.8 Å². The quantitative estimate of drug-likeness (QED) is 0.115. The molecule has 14 heteroatoms. The Morgan fingerprint density at radius 2 is 1.63 bits per heavy atom. The van der Waals surface area contributed by atoms with Gasteiger partial charge in [-0.25, -0.2) is 22.9 Å². The zero-order valence-corrected chi connectivity index (χ0v) is 32.6. The van der Waals surface area contributed by atoms with E-state index < -0.39 is 57.8 Å². The van der Waals surface area contributed by atoms with Gasteiger partial charge in [0.15, 0.2) is 0 Å². The number of carbonyl (C=O) groups is 3. The monoisotopic (exact) mass is 746 g/mol. The highest BCUT2D eigenvalue weighted by atomic mass is 32.2. The third kappa shape index (κ3) is 15.6. The van der Waals surface area contributed by atoms with Crippen molar-refractivity contribution in [3.63, 3.8) is 0 Å². The van der Waals surface area contributed by atoms with Gasteiger partial charge in [0, 0.05) is 31.3 Å². The molecule has 1 fully saturated rings. The molecule has 1 heterocycles. The Morgan fingerprint density at radius 1 is 0.981 bits per heavy atom. The minimum atomic E-state index is -3.43. The van der Waals surface area contributed by atoms with Gasteiger partial charge in [0.1, 0.15) is 17.7 Å². The number of H-pyrrole nitrogens is 1. The fourth-order valence-corrected chi connectivity index (χ4v) is 7.77. The van der Waals surface area contributed by atoms with E-state index in [0.29, 0.717) is 24.5 Å². The lowest BCUT2D eigenvalue weighted by atomic mass is 9.81. The Hall–Kier alpha value is -3.49. The standard InChI is InChI=1S/C38H62N6O7S/c1-7-18-52(49,50)41-23-29(26(2)3)21-34(45)31(19-27-14-10-8-11-15-27)42-36(47)33(22-30-24-39-25-40-30)43-35(46)32(20-28-16-12-9-13-17-28)44-37(48)51-38(4,5)6/h9,12-13,16-17,24-27,29,31-34,41,45H,7-8,10-11,14-15,18-23H2,1-6H3,(H,39,40)(H,42,47)(H,43,46)(H,44,48)/t29-,31+,32+,33+,34+/m1/s1. The Morgan fingerprint density at radius 3 is 2.23 bits per heavy atom. The van der Waals surface area contributed by atoms with Gasteiger partial charge in [0.2, 0.25) is 21.8 Å². The third-order valence-electron chi connectivity index (χ3n) is 9.53. The summed E-state index contributed by atoms with van der Waals surface area (Å²) in [4.78, 5) is 48.1. The summed E-state index contributed by atoms with van der Waals surface area (Å²) in [6.07, 6.45) is 8.24. The SMILES string of the molecule is CCCS(=O)(=O)NC[C@@H](C[C@H](O)[C@H](CC1CCCCC1)NC(=O)[C@H](Cc1cnc[nH]1)NC(=O)[C@H](Cc1ccccc1)NC(=O)OC(C)(C)C)C(C)C. The topological polar surface area (TPSA) is 192 Å². The van der Waals surface area contributed by atoms with Gasteiger partial charge < -0.3 is 30.8 Å². The van der Waals surface area contributed by atoms with E-state index in [1.807, 2.05) is 51.1 Å². The molecular formula is C38H62N6O7S. The second-order valence-corrected chi connectivity index (χ2v) is 17.5. The average molecular weight is 747 g/mol. The summed E-state index contributed by atoms with van der Waals surface area (Å²) < 4.78 is 33.1. The fraction of sp³-hybridized carbons (Fsp3) is 0.684. The number of imidazole rings is 1. The van der Waals surface area contributed by atoms with E-state index in [4.69, 9.17) is 4.74 Å². The van der Waals surface area contributed by atoms with Crippen LogP contribution in [0.2, 0.25) is 0 Å². The number of carbonyl (C=O) groups excluding carboxylic acids is 3. The Labute approximate surface area is 310 Å². The van der Waals surface area contributed by atoms with Crippen molar-refractivity contribution in [2.45, 2.75) is 136 Å². The molecule has 5 atom stereocenters. The van der Waals surface area contributed by atoms with Crippen LogP contribution in [-0.4, -0.2) is 83.5 Å². The number of ether oxygens (including phenoxy) is 1. The van der Waals surface area contributed by atoms with Crippen LogP contribution in [0.15, 0.2) is 42.9 Å². The van der Waals surface area contributed by atoms with Crippen molar-refractivity contribution in [2.75, 3.05) is 12.3 Å². The van der Waals surface area contributed by atoms with Crippen molar-refractivity contribution >= 4 is 27.9 Å². The molecule has 3 amide bonds. The number of sulfonamides is 1. The number of hydrogen-bond acceptors (Lipinski definition) is 8. The van der Waals surface area contributed by atoms with E-state index in [1.165, 1.54) is 6.33 Å². The first-order valence-electron chi connectivity index (χ1n) is 18.8. The van der Waals surface area contributed by atoms with Crippen LogP contribution in [0.25, 0.3) is 0 Å². The highest BCUT2D eigenvalue weighted by Gasteiger charge is 2.34. The second kappa shape index (κ2) is 20.7. The molecule has 292 valence electrons. The number of nitrogens with zero attached hydrogens (tertiary/aromatic N) is 1. The number of rotatable bonds is 20. The molecule has 0 saturated heterocycles. The van der Waals surface area contributed by atoms with Gasteiger partial charge in [-0.3, -0.25) is 9.59 Å². The first-order chi connectivity index (χ1) is 24.5. The first-order valence-corrected chi connectivity index (χ1v) is 20.5. The van der Waals surface area contributed by atoms with E-state index >= 15 is 0 Å². The third-order valence-corrected chi connectivity index (χ3v) is 11.1. The summed E-state index contributed by atoms with van der Waals surface area (Å²) in [5.74, 6) is -0.824. The van der Waals surface area contributed by atoms with Gasteiger partial charge >= 0.3 is 6.09 Å². The van der Waals surface area contributed by atoms with Gasteiger partial charge in [0.05, 0.1) is 24.2 Å². The summed E-state index contributed by atoms with van der Waals surface area (Å²) in [6.45, 7) is 11.2. The predicted octanol–water partition coefficient (Wildman–Crippen LogP) is 4.38. The van der Waals surface area contributed by atoms with Crippen molar-refractivity contribution in [1.82, 2.24) is 30.6 Å². The van der Waals surface area contributed by atoms with Crippen molar-refractivity contribution in [1.29, 1.82) is 0 Å². The highest BCUT2D eigenvalue weighted by molar-refractivity contribution is 7.89. The first kappa shape index (κ1) is 42.9. The highest BCUT2D eigenvalue weighted by Crippen LogP contribution is 2.29. The number of alkyl carbamates (subject to hydrolysis) is 1. The minimum Gasteiger partial charge on any atom is -0.444 e. The van der Waals surface area contributed by atoms with Crippen LogP contribution in [0.1, 0.15) is 104 Å². The number of nitrogens with one attached hydrogen (secondary N) is 5. The number of benzene rings is 1. The smallest absolute Gasteiger partial charge is 0.408 e. The molecule has 13 nitrogen and oxygen atoms in total. The van der Waals surface area contributed by atoms with Gasteiger partial charge in [-0.1, -0.05) is 83.2 Å². The Kier molecular flexibility index (Phi) is 17.1. The van der Waals surface area contributed by atoms with E-state index in [9.17, 15) is 27.9 Å². The molecule has 1 aliphatic rings. The summed E-state index contributed by atoms with van der Waals surface area (Å²) in [5.41, 5.74) is 0.633. The van der Waals surface area contributed by atoms with E-state index in [-0.39, 0.29) is 43.4 Å². The number of aromatic nitrogens is 2. The zero-order chi connectivity index (χ0) is 38.3. The summed E-state index contributed by atoms with van der Waals surface area (Å²) in [5, 5.41) is 20.4. The van der Waals surface area contributed by atoms with Crippen LogP contribution in [0.4, 0.5) is 4.79 Å². The summed E-state index contributed by atoms with van der Waals surface area (Å²) in [7, 11) is -3.43. The normalized spacial score (nSPS) is 17.1. The van der Waals surface area contributed by atoms with Crippen LogP contribution in [0, 0.1) is 17.8 Å². The molecular weight excluding hydrogens is 685 g/mol. The van der Waals surface area contributed by atoms with Gasteiger partial charge in [-0.2, -0.15) is 0 Å². The maximum Gasteiger partial charge on any atom is 0.408 e. The second-order valence-electron chi connectivity index (χ2n) is 15.6. The lowest BCUT2D eigenvalue weighted by Gasteiger charge is -2.34. The van der Waals surface area contributed by atoms with Crippen molar-refractivity contribution in [3.8, 4) is 0 Å². The summed E-state index contributed by atoms with van der Waals surface area (Å²) in [6, 6.07) is 6.48. The van der Waals surface area contributed by atoms with Crippen LogP contribution in [0.3, 0.4) is 0 Å². The largest absolute Gasteiger partial charge is 0.444 e. The predicted molar refractivity (Wildman–Crippen MR) is 202 cm³/mol. The molecule has 0 spiro atoms. The maximum atomic E-state index is 14.2. The molecule has 52 heavy (non-hydrogen) atoms.